The van der Waals surface area contributed by atoms with Crippen LogP contribution < -0.4 is 11.1 Å². The van der Waals surface area contributed by atoms with Crippen molar-refractivity contribution in [1.82, 2.24) is 19.2 Å². The lowest BCUT2D eigenvalue weighted by molar-refractivity contribution is 0.100. The smallest absolute Gasteiger partial charge is 0.252 e. The Morgan fingerprint density at radius 1 is 1.22 bits per heavy atom. The van der Waals surface area contributed by atoms with Crippen LogP contribution in [0.1, 0.15) is 33.4 Å². The van der Waals surface area contributed by atoms with Crippen molar-refractivity contribution in [2.24, 2.45) is 12.8 Å². The number of nitrogens with one attached hydrogen (secondary N) is 1. The molecule has 3 heterocycles. The molecule has 4 aromatic rings. The summed E-state index contributed by atoms with van der Waals surface area (Å²) in [6.07, 6.45) is 6.97. The number of nitrogens with two attached hydrogens (primary N) is 1. The lowest BCUT2D eigenvalue weighted by atomic mass is 10.0. The summed E-state index contributed by atoms with van der Waals surface area (Å²) in [5.41, 5.74) is 9.55. The summed E-state index contributed by atoms with van der Waals surface area (Å²) in [5, 5.41) is 7.75. The Balaban J connectivity index is 1.89. The van der Waals surface area contributed by atoms with Crippen molar-refractivity contribution in [3.8, 4) is 0 Å². The molecule has 4 rings (SSSR count). The molecule has 1 aromatic carbocycles. The first-order valence-corrected chi connectivity index (χ1v) is 8.61. The van der Waals surface area contributed by atoms with E-state index in [2.05, 4.69) is 21.5 Å². The normalized spacial score (nSPS) is 12.2. The number of hydrogen-bond donors (Lipinski definition) is 2. The van der Waals surface area contributed by atoms with Crippen LogP contribution in [0.5, 0.6) is 0 Å². The van der Waals surface area contributed by atoms with E-state index >= 15 is 0 Å². The first-order chi connectivity index (χ1) is 13.0. The molecule has 0 fully saturated rings. The number of primary amides is 1. The summed E-state index contributed by atoms with van der Waals surface area (Å²) in [4.78, 5) is 16.5. The van der Waals surface area contributed by atoms with Gasteiger partial charge < -0.3 is 15.6 Å². The summed E-state index contributed by atoms with van der Waals surface area (Å²) in [6, 6.07) is 11.7. The molecule has 136 valence electrons. The third kappa shape index (κ3) is 3.03. The van der Waals surface area contributed by atoms with Crippen molar-refractivity contribution in [2.75, 3.05) is 5.32 Å². The van der Waals surface area contributed by atoms with Crippen LogP contribution in [0, 0.1) is 6.92 Å². The molecule has 1 unspecified atom stereocenters. The second kappa shape index (κ2) is 6.60. The van der Waals surface area contributed by atoms with Crippen molar-refractivity contribution in [2.45, 2.75) is 13.0 Å². The maximum atomic E-state index is 12.0. The molecule has 0 aliphatic rings. The van der Waals surface area contributed by atoms with Gasteiger partial charge in [0, 0.05) is 25.6 Å². The predicted molar refractivity (Wildman–Crippen MR) is 104 cm³/mol. The minimum Gasteiger partial charge on any atom is -0.369 e. The van der Waals surface area contributed by atoms with Gasteiger partial charge in [-0.2, -0.15) is 5.10 Å². The number of imidazole rings is 1. The molecule has 3 N–H and O–H groups in total. The molecule has 1 atom stereocenters. The van der Waals surface area contributed by atoms with Crippen LogP contribution in [0.3, 0.4) is 0 Å². The summed E-state index contributed by atoms with van der Waals surface area (Å²) in [6.45, 7) is 2.05. The molecule has 0 aliphatic heterocycles. The van der Waals surface area contributed by atoms with Gasteiger partial charge in [0.15, 0.2) is 0 Å². The SMILES string of the molecule is Cc1cccc(C(Nc2c(C(N)=O)cnn3cccc23)c2nccn2C)c1. The van der Waals surface area contributed by atoms with Gasteiger partial charge >= 0.3 is 0 Å². The van der Waals surface area contributed by atoms with E-state index in [1.54, 1.807) is 10.7 Å². The number of carbonyl (C=O) groups excluding carboxylic acids is 1. The summed E-state index contributed by atoms with van der Waals surface area (Å²) in [5.74, 6) is 0.300. The van der Waals surface area contributed by atoms with Crippen molar-refractivity contribution in [3.63, 3.8) is 0 Å². The highest BCUT2D eigenvalue weighted by Crippen LogP contribution is 2.30. The molecule has 1 amide bonds. The Morgan fingerprint density at radius 3 is 2.78 bits per heavy atom. The number of carbonyl (C=O) groups is 1. The van der Waals surface area contributed by atoms with Crippen LogP contribution >= 0.6 is 0 Å². The Labute approximate surface area is 156 Å². The van der Waals surface area contributed by atoms with Gasteiger partial charge in [-0.1, -0.05) is 29.8 Å². The number of hydrogen-bond acceptors (Lipinski definition) is 4. The molecule has 0 bridgehead atoms. The van der Waals surface area contributed by atoms with E-state index < -0.39 is 5.91 Å². The van der Waals surface area contributed by atoms with Crippen LogP contribution in [-0.4, -0.2) is 25.1 Å². The fraction of sp³-hybridized carbons (Fsp3) is 0.150. The van der Waals surface area contributed by atoms with Crippen molar-refractivity contribution in [1.29, 1.82) is 0 Å². The molecule has 0 spiro atoms. The quantitative estimate of drug-likeness (QED) is 0.572. The summed E-state index contributed by atoms with van der Waals surface area (Å²) >= 11 is 0. The van der Waals surface area contributed by atoms with Gasteiger partial charge in [-0.15, -0.1) is 0 Å². The van der Waals surface area contributed by atoms with Gasteiger partial charge in [0.05, 0.1) is 23.0 Å². The van der Waals surface area contributed by atoms with Crippen molar-refractivity contribution in [3.05, 3.63) is 83.7 Å². The van der Waals surface area contributed by atoms with E-state index in [0.717, 1.165) is 22.5 Å². The highest BCUT2D eigenvalue weighted by molar-refractivity contribution is 6.01. The molecule has 0 saturated heterocycles. The fourth-order valence-electron chi connectivity index (χ4n) is 3.28. The number of aryl methyl sites for hydroxylation is 2. The average Bonchev–Trinajstić information content (AvgIpc) is 3.28. The Hall–Kier alpha value is -3.61. The zero-order valence-corrected chi connectivity index (χ0v) is 15.1. The first kappa shape index (κ1) is 16.8. The molecule has 0 radical (unpaired) electrons. The van der Waals surface area contributed by atoms with E-state index in [-0.39, 0.29) is 6.04 Å². The number of anilines is 1. The van der Waals surface area contributed by atoms with E-state index in [9.17, 15) is 4.79 Å². The monoisotopic (exact) mass is 360 g/mol. The molecule has 0 saturated carbocycles. The number of nitrogens with zero attached hydrogens (tertiary/aromatic N) is 4. The number of fused-ring (bicyclic) bond motifs is 1. The highest BCUT2D eigenvalue weighted by atomic mass is 16.1. The predicted octanol–water partition coefficient (Wildman–Crippen LogP) is 2.68. The summed E-state index contributed by atoms with van der Waals surface area (Å²) in [7, 11) is 1.95. The van der Waals surface area contributed by atoms with E-state index in [0.29, 0.717) is 11.3 Å². The standard InChI is InChI=1S/C20H20N6O/c1-13-5-3-6-14(11-13)17(20-22-8-10-25(20)2)24-18-15(19(21)27)12-23-26-9-4-7-16(18)26/h3-12,17,24H,1-2H3,(H2,21,27). The van der Waals surface area contributed by atoms with Gasteiger partial charge in [-0.05, 0) is 24.6 Å². The molecule has 7 heteroatoms. The number of aromatic nitrogens is 4. The third-order valence-corrected chi connectivity index (χ3v) is 4.61. The van der Waals surface area contributed by atoms with Crippen LogP contribution in [0.4, 0.5) is 5.69 Å². The van der Waals surface area contributed by atoms with Gasteiger partial charge in [-0.25, -0.2) is 9.50 Å². The number of benzene rings is 1. The molecular formula is C20H20N6O. The van der Waals surface area contributed by atoms with Crippen LogP contribution in [-0.2, 0) is 7.05 Å². The topological polar surface area (TPSA) is 90.2 Å². The second-order valence-electron chi connectivity index (χ2n) is 6.52. The maximum Gasteiger partial charge on any atom is 0.252 e. The minimum atomic E-state index is -0.531. The largest absolute Gasteiger partial charge is 0.369 e. The van der Waals surface area contributed by atoms with Gasteiger partial charge in [0.2, 0.25) is 0 Å². The third-order valence-electron chi connectivity index (χ3n) is 4.61. The number of rotatable bonds is 5. The second-order valence-corrected chi connectivity index (χ2v) is 6.52. The minimum absolute atomic E-state index is 0.260. The average molecular weight is 360 g/mol. The van der Waals surface area contributed by atoms with Crippen LogP contribution in [0.2, 0.25) is 0 Å². The molecular weight excluding hydrogens is 340 g/mol. The zero-order valence-electron chi connectivity index (χ0n) is 15.1. The maximum absolute atomic E-state index is 12.0. The Bertz CT molecular complexity index is 1130. The molecule has 3 aromatic heterocycles. The lowest BCUT2D eigenvalue weighted by Gasteiger charge is -2.22. The van der Waals surface area contributed by atoms with E-state index in [4.69, 9.17) is 5.73 Å². The van der Waals surface area contributed by atoms with Crippen molar-refractivity contribution < 1.29 is 4.79 Å². The van der Waals surface area contributed by atoms with Crippen LogP contribution in [0.25, 0.3) is 5.52 Å². The van der Waals surface area contributed by atoms with Gasteiger partial charge in [-0.3, -0.25) is 4.79 Å². The van der Waals surface area contributed by atoms with Crippen molar-refractivity contribution >= 4 is 17.1 Å². The lowest BCUT2D eigenvalue weighted by Crippen LogP contribution is -2.21. The molecule has 27 heavy (non-hydrogen) atoms. The van der Waals surface area contributed by atoms with Crippen LogP contribution in [0.15, 0.2) is 61.2 Å². The van der Waals surface area contributed by atoms with Gasteiger partial charge in [0.25, 0.3) is 5.91 Å². The molecule has 0 aliphatic carbocycles. The first-order valence-electron chi connectivity index (χ1n) is 8.61. The highest BCUT2D eigenvalue weighted by Gasteiger charge is 2.22. The fourth-order valence-corrected chi connectivity index (χ4v) is 3.28. The summed E-state index contributed by atoms with van der Waals surface area (Å²) < 4.78 is 3.67. The Kier molecular flexibility index (Phi) is 4.12. The number of amides is 1. The Morgan fingerprint density at radius 2 is 2.07 bits per heavy atom. The van der Waals surface area contributed by atoms with E-state index in [1.165, 1.54) is 6.20 Å². The molecule has 7 nitrogen and oxygen atoms in total. The zero-order chi connectivity index (χ0) is 19.0. The van der Waals surface area contributed by atoms with Gasteiger partial charge in [0.1, 0.15) is 11.9 Å². The van der Waals surface area contributed by atoms with E-state index in [1.807, 2.05) is 61.3 Å².